The molecule has 1 aromatic carbocycles. The molecule has 5 rings (SSSR count). The number of hydrogen-bond donors (Lipinski definition) is 0. The van der Waals surface area contributed by atoms with Crippen LogP contribution >= 0.6 is 45.9 Å². The van der Waals surface area contributed by atoms with Gasteiger partial charge < -0.3 is 4.42 Å². The Kier molecular flexibility index (Phi) is 6.95. The Morgan fingerprint density at radius 3 is 2.74 bits per heavy atom. The van der Waals surface area contributed by atoms with Gasteiger partial charge in [0.15, 0.2) is 5.13 Å². The number of thiophene rings is 1. The van der Waals surface area contributed by atoms with E-state index in [4.69, 9.17) is 32.6 Å². The number of halogens is 2. The molecule has 0 bridgehead atoms. The first kappa shape index (κ1) is 24.7. The number of aromatic nitrogens is 1. The van der Waals surface area contributed by atoms with Crippen LogP contribution in [-0.2, 0) is 21.4 Å². The van der Waals surface area contributed by atoms with Crippen LogP contribution in [0.25, 0.3) is 10.2 Å². The van der Waals surface area contributed by atoms with E-state index in [1.54, 1.807) is 18.2 Å². The molecule has 35 heavy (non-hydrogen) atoms. The van der Waals surface area contributed by atoms with Crippen molar-refractivity contribution in [3.63, 3.8) is 0 Å². The molecular weight excluding hydrogens is 549 g/mol. The Morgan fingerprint density at radius 1 is 1.20 bits per heavy atom. The molecule has 1 aliphatic heterocycles. The highest BCUT2D eigenvalue weighted by Crippen LogP contribution is 2.37. The maximum atomic E-state index is 14.0. The van der Waals surface area contributed by atoms with E-state index >= 15 is 0 Å². The van der Waals surface area contributed by atoms with Gasteiger partial charge in [0.05, 0.1) is 27.4 Å². The summed E-state index contributed by atoms with van der Waals surface area (Å²) in [6, 6.07) is 9.38. The van der Waals surface area contributed by atoms with E-state index in [1.807, 2.05) is 19.1 Å². The standard InChI is InChI=1S/C23H21Cl2N3O4S3/c1-14-16(24)7-8-18-21(14)26-23(33-18)27(13-15-5-4-12-32-15)22(29)17-6-2-3-11-28(17)35(30,31)20-10-9-19(25)34-20/h4-5,7-10,12,17H,2-3,6,11,13H2,1H3. The van der Waals surface area contributed by atoms with Gasteiger partial charge in [-0.05, 0) is 61.7 Å². The molecule has 4 heterocycles. The number of piperidine rings is 1. The number of benzene rings is 1. The van der Waals surface area contributed by atoms with Crippen molar-refractivity contribution in [1.29, 1.82) is 0 Å². The van der Waals surface area contributed by atoms with Gasteiger partial charge in [0.1, 0.15) is 16.0 Å². The van der Waals surface area contributed by atoms with Gasteiger partial charge in [-0.1, -0.05) is 41.0 Å². The minimum Gasteiger partial charge on any atom is -0.467 e. The number of carbonyl (C=O) groups excluding carboxylic acids is 1. The fraction of sp³-hybridized carbons (Fsp3) is 0.304. The van der Waals surface area contributed by atoms with Crippen molar-refractivity contribution in [3.05, 3.63) is 63.3 Å². The van der Waals surface area contributed by atoms with Crippen LogP contribution < -0.4 is 4.90 Å². The van der Waals surface area contributed by atoms with Crippen molar-refractivity contribution in [2.75, 3.05) is 11.4 Å². The number of anilines is 1. The number of thiazole rings is 1. The van der Waals surface area contributed by atoms with Gasteiger partial charge in [-0.2, -0.15) is 4.31 Å². The minimum absolute atomic E-state index is 0.130. The third-order valence-electron chi connectivity index (χ3n) is 5.98. The Morgan fingerprint density at radius 2 is 2.03 bits per heavy atom. The van der Waals surface area contributed by atoms with Crippen LogP contribution in [0.5, 0.6) is 0 Å². The zero-order valence-corrected chi connectivity index (χ0v) is 22.6. The lowest BCUT2D eigenvalue weighted by molar-refractivity contribution is -0.123. The predicted molar refractivity (Wildman–Crippen MR) is 140 cm³/mol. The molecule has 12 heteroatoms. The van der Waals surface area contributed by atoms with Crippen molar-refractivity contribution in [2.24, 2.45) is 0 Å². The summed E-state index contributed by atoms with van der Waals surface area (Å²) in [5.41, 5.74) is 1.55. The molecule has 0 N–H and O–H groups in total. The van der Waals surface area contributed by atoms with Gasteiger partial charge in [0.25, 0.3) is 10.0 Å². The third kappa shape index (κ3) is 4.75. The number of amides is 1. The normalized spacial score (nSPS) is 17.2. The highest BCUT2D eigenvalue weighted by molar-refractivity contribution is 7.91. The quantitative estimate of drug-likeness (QED) is 0.270. The lowest BCUT2D eigenvalue weighted by Crippen LogP contribution is -2.52. The lowest BCUT2D eigenvalue weighted by atomic mass is 10.0. The van der Waals surface area contributed by atoms with Crippen molar-refractivity contribution >= 4 is 77.2 Å². The summed E-state index contributed by atoms with van der Waals surface area (Å²) < 4.78 is 35.2. The van der Waals surface area contributed by atoms with Crippen LogP contribution in [0.1, 0.15) is 30.6 Å². The third-order valence-corrected chi connectivity index (χ3v) is 11.0. The van der Waals surface area contributed by atoms with Crippen LogP contribution in [0, 0.1) is 6.92 Å². The van der Waals surface area contributed by atoms with E-state index in [1.165, 1.54) is 32.9 Å². The molecule has 0 aliphatic carbocycles. The average molecular weight is 571 g/mol. The number of nitrogens with zero attached hydrogens (tertiary/aromatic N) is 3. The van der Waals surface area contributed by atoms with E-state index in [0.717, 1.165) is 33.5 Å². The highest BCUT2D eigenvalue weighted by atomic mass is 35.5. The smallest absolute Gasteiger partial charge is 0.253 e. The first-order valence-corrected chi connectivity index (χ1v) is 14.7. The first-order valence-electron chi connectivity index (χ1n) is 10.9. The molecular formula is C23H21Cl2N3O4S3. The summed E-state index contributed by atoms with van der Waals surface area (Å²) in [4.78, 5) is 20.3. The summed E-state index contributed by atoms with van der Waals surface area (Å²) >= 11 is 14.7. The van der Waals surface area contributed by atoms with Crippen molar-refractivity contribution in [2.45, 2.75) is 43.0 Å². The fourth-order valence-electron chi connectivity index (χ4n) is 4.17. The molecule has 0 spiro atoms. The maximum Gasteiger partial charge on any atom is 0.253 e. The number of furan rings is 1. The van der Waals surface area contributed by atoms with Gasteiger partial charge >= 0.3 is 0 Å². The van der Waals surface area contributed by atoms with Gasteiger partial charge in [0.2, 0.25) is 5.91 Å². The van der Waals surface area contributed by atoms with Crippen molar-refractivity contribution < 1.29 is 17.6 Å². The average Bonchev–Trinajstić information content (AvgIpc) is 3.61. The Bertz CT molecular complexity index is 1480. The molecule has 184 valence electrons. The second kappa shape index (κ2) is 9.84. The van der Waals surface area contributed by atoms with Gasteiger partial charge in [0, 0.05) is 11.6 Å². The number of fused-ring (bicyclic) bond motifs is 1. The summed E-state index contributed by atoms with van der Waals surface area (Å²) in [7, 11) is -3.89. The Balaban J connectivity index is 1.55. The van der Waals surface area contributed by atoms with Gasteiger partial charge in [-0.15, -0.1) is 11.3 Å². The SMILES string of the molecule is Cc1c(Cl)ccc2sc(N(Cc3ccco3)C(=O)C3CCCCN3S(=O)(=O)c3ccc(Cl)s3)nc12. The van der Waals surface area contributed by atoms with E-state index in [9.17, 15) is 13.2 Å². The molecule has 1 saturated heterocycles. The molecule has 0 saturated carbocycles. The van der Waals surface area contributed by atoms with Crippen molar-refractivity contribution in [3.8, 4) is 0 Å². The second-order valence-electron chi connectivity index (χ2n) is 8.21. The minimum atomic E-state index is -3.89. The Labute approximate surface area is 220 Å². The molecule has 0 radical (unpaired) electrons. The number of sulfonamides is 1. The summed E-state index contributed by atoms with van der Waals surface area (Å²) in [5, 5.41) is 1.06. The largest absolute Gasteiger partial charge is 0.467 e. The Hall–Kier alpha value is -1.95. The van der Waals surface area contributed by atoms with Crippen LogP contribution in [0.15, 0.2) is 51.3 Å². The van der Waals surface area contributed by atoms with E-state index < -0.39 is 16.1 Å². The second-order valence-corrected chi connectivity index (χ2v) is 13.5. The van der Waals surface area contributed by atoms with Crippen molar-refractivity contribution in [1.82, 2.24) is 9.29 Å². The molecule has 1 unspecified atom stereocenters. The van der Waals surface area contributed by atoms with E-state index in [2.05, 4.69) is 0 Å². The molecule has 4 aromatic rings. The summed E-state index contributed by atoms with van der Waals surface area (Å²) in [6.07, 6.45) is 3.38. The highest BCUT2D eigenvalue weighted by Gasteiger charge is 2.41. The molecule has 1 atom stereocenters. The molecule has 7 nitrogen and oxygen atoms in total. The molecule has 1 aliphatic rings. The number of aryl methyl sites for hydroxylation is 1. The fourth-order valence-corrected chi connectivity index (χ4v) is 8.62. The van der Waals surface area contributed by atoms with Crippen LogP contribution in [0.3, 0.4) is 0 Å². The van der Waals surface area contributed by atoms with E-state index in [-0.39, 0.29) is 23.2 Å². The summed E-state index contributed by atoms with van der Waals surface area (Å²) in [6.45, 7) is 2.28. The maximum absolute atomic E-state index is 14.0. The first-order chi connectivity index (χ1) is 16.8. The number of rotatable bonds is 6. The number of carbonyl (C=O) groups is 1. The van der Waals surface area contributed by atoms with Crippen LogP contribution in [0.4, 0.5) is 5.13 Å². The van der Waals surface area contributed by atoms with Gasteiger partial charge in [-0.25, -0.2) is 13.4 Å². The monoisotopic (exact) mass is 569 g/mol. The summed E-state index contributed by atoms with van der Waals surface area (Å²) in [5.74, 6) is 0.234. The topological polar surface area (TPSA) is 83.7 Å². The molecule has 3 aromatic heterocycles. The lowest BCUT2D eigenvalue weighted by Gasteiger charge is -2.35. The predicted octanol–water partition coefficient (Wildman–Crippen LogP) is 6.34. The van der Waals surface area contributed by atoms with E-state index in [0.29, 0.717) is 33.1 Å². The van der Waals surface area contributed by atoms with Crippen LogP contribution in [-0.4, -0.2) is 36.2 Å². The number of hydrogen-bond acceptors (Lipinski definition) is 7. The van der Waals surface area contributed by atoms with Crippen LogP contribution in [0.2, 0.25) is 9.36 Å². The zero-order valence-electron chi connectivity index (χ0n) is 18.6. The van der Waals surface area contributed by atoms with Gasteiger partial charge in [-0.3, -0.25) is 9.69 Å². The molecule has 1 fully saturated rings. The molecule has 1 amide bonds. The zero-order chi connectivity index (χ0) is 24.7.